The van der Waals surface area contributed by atoms with E-state index in [0.717, 1.165) is 5.22 Å². The minimum atomic E-state index is -0.559. The molecule has 0 radical (unpaired) electrons. The molecule has 4 nitrogen and oxygen atoms in total. The van der Waals surface area contributed by atoms with Crippen LogP contribution in [0.25, 0.3) is 6.08 Å². The van der Waals surface area contributed by atoms with Crippen molar-refractivity contribution < 1.29 is 9.53 Å². The van der Waals surface area contributed by atoms with Crippen LogP contribution >= 0.6 is 0 Å². The predicted octanol–water partition coefficient (Wildman–Crippen LogP) is -0.963. The summed E-state index contributed by atoms with van der Waals surface area (Å²) >= 11 is 0. The number of nitrogens with zero attached hydrogens (tertiary/aromatic N) is 2. The molecule has 0 saturated carbocycles. The lowest BCUT2D eigenvalue weighted by Crippen LogP contribution is -2.38. The van der Waals surface area contributed by atoms with E-state index in [1.165, 1.54) is 7.11 Å². The Morgan fingerprint density at radius 1 is 1.54 bits per heavy atom. The van der Waals surface area contributed by atoms with E-state index < -0.39 is 6.10 Å². The van der Waals surface area contributed by atoms with Crippen LogP contribution in [0, 0.1) is 0 Å². The molecule has 13 heavy (non-hydrogen) atoms. The van der Waals surface area contributed by atoms with Crippen molar-refractivity contribution in [3.05, 3.63) is 29.0 Å². The molecule has 1 aromatic heterocycles. The van der Waals surface area contributed by atoms with Gasteiger partial charge in [-0.05, 0) is 18.2 Å². The van der Waals surface area contributed by atoms with Crippen LogP contribution in [-0.2, 0) is 9.53 Å². The van der Waals surface area contributed by atoms with Crippen LogP contribution in [0.5, 0.6) is 0 Å². The van der Waals surface area contributed by atoms with Crippen molar-refractivity contribution in [2.45, 2.75) is 6.10 Å². The smallest absolute Gasteiger partial charge is 0.280 e. The van der Waals surface area contributed by atoms with Crippen molar-refractivity contribution in [3.63, 3.8) is 0 Å². The molecule has 0 aromatic carbocycles. The van der Waals surface area contributed by atoms with Crippen LogP contribution in [0.4, 0.5) is 0 Å². The van der Waals surface area contributed by atoms with Crippen LogP contribution in [0.3, 0.4) is 0 Å². The molecule has 2 rings (SSSR count). The van der Waals surface area contributed by atoms with Crippen molar-refractivity contribution in [2.24, 2.45) is 4.99 Å². The summed E-state index contributed by atoms with van der Waals surface area (Å²) in [6, 6.07) is 3.65. The molecule has 0 spiro atoms. The second kappa shape index (κ2) is 3.06. The Bertz CT molecular complexity index is 453. The third-order valence-corrected chi connectivity index (χ3v) is 1.86. The molecule has 1 aliphatic rings. The van der Waals surface area contributed by atoms with Gasteiger partial charge in [0, 0.05) is 18.5 Å². The molecule has 1 amide bonds. The number of ether oxygens (including phenoxy) is 1. The van der Waals surface area contributed by atoms with Gasteiger partial charge in [-0.15, -0.1) is 0 Å². The summed E-state index contributed by atoms with van der Waals surface area (Å²) in [5.74, 6) is -0.297. The second-order valence-corrected chi connectivity index (χ2v) is 2.69. The van der Waals surface area contributed by atoms with Gasteiger partial charge in [-0.1, -0.05) is 0 Å². The Kier molecular flexibility index (Phi) is 1.90. The molecule has 0 aliphatic carbocycles. The van der Waals surface area contributed by atoms with Crippen LogP contribution in [0.2, 0.25) is 0 Å². The monoisotopic (exact) mass is 176 g/mol. The molecular formula is C9H8N2O2. The Labute approximate surface area is 74.6 Å². The van der Waals surface area contributed by atoms with E-state index in [0.29, 0.717) is 5.49 Å². The number of pyridine rings is 1. The van der Waals surface area contributed by atoms with Crippen molar-refractivity contribution in [1.82, 2.24) is 4.98 Å². The zero-order valence-corrected chi connectivity index (χ0v) is 7.10. The van der Waals surface area contributed by atoms with Crippen molar-refractivity contribution >= 4 is 12.0 Å². The first kappa shape index (κ1) is 8.07. The Hall–Kier alpha value is -1.55. The molecule has 1 aromatic rings. The Morgan fingerprint density at radius 2 is 2.38 bits per heavy atom. The quantitative estimate of drug-likeness (QED) is 0.553. The first-order valence-electron chi connectivity index (χ1n) is 3.89. The Balaban J connectivity index is 2.66. The molecule has 1 atom stereocenters. The number of amides is 1. The van der Waals surface area contributed by atoms with Gasteiger partial charge in [-0.2, -0.15) is 4.99 Å². The first-order valence-corrected chi connectivity index (χ1v) is 3.89. The van der Waals surface area contributed by atoms with Gasteiger partial charge in [0.05, 0.1) is 0 Å². The van der Waals surface area contributed by atoms with Crippen LogP contribution in [-0.4, -0.2) is 24.1 Å². The average molecular weight is 176 g/mol. The summed E-state index contributed by atoms with van der Waals surface area (Å²) in [5, 5.41) is 0.842. The number of methoxy groups -OCH3 is 1. The van der Waals surface area contributed by atoms with E-state index in [4.69, 9.17) is 4.74 Å². The first-order chi connectivity index (χ1) is 6.31. The molecule has 0 N–H and O–H groups in total. The lowest BCUT2D eigenvalue weighted by molar-refractivity contribution is -0.124. The fourth-order valence-electron chi connectivity index (χ4n) is 1.20. The van der Waals surface area contributed by atoms with Gasteiger partial charge in [-0.3, -0.25) is 4.79 Å². The summed E-state index contributed by atoms with van der Waals surface area (Å²) in [4.78, 5) is 19.0. The van der Waals surface area contributed by atoms with Gasteiger partial charge in [0.1, 0.15) is 0 Å². The van der Waals surface area contributed by atoms with Gasteiger partial charge >= 0.3 is 0 Å². The number of hydrogen-bond acceptors (Lipinski definition) is 3. The number of fused-ring (bicyclic) bond motifs is 1. The maximum absolute atomic E-state index is 11.2. The van der Waals surface area contributed by atoms with Crippen molar-refractivity contribution in [2.75, 3.05) is 7.11 Å². The molecule has 0 unspecified atom stereocenters. The molecule has 0 bridgehead atoms. The van der Waals surface area contributed by atoms with Gasteiger partial charge in [0.15, 0.2) is 11.6 Å². The normalized spacial score (nSPS) is 20.1. The molecule has 4 heteroatoms. The molecule has 2 heterocycles. The molecular weight excluding hydrogens is 168 g/mol. The lowest BCUT2D eigenvalue weighted by Gasteiger charge is -2.08. The third-order valence-electron chi connectivity index (χ3n) is 1.86. The number of hydrogen-bond donors (Lipinski definition) is 0. The summed E-state index contributed by atoms with van der Waals surface area (Å²) in [5.41, 5.74) is 0.473. The van der Waals surface area contributed by atoms with Crippen molar-refractivity contribution in [1.29, 1.82) is 0 Å². The van der Waals surface area contributed by atoms with Crippen molar-refractivity contribution in [3.8, 4) is 0 Å². The predicted molar refractivity (Wildman–Crippen MR) is 45.3 cm³/mol. The maximum atomic E-state index is 11.2. The third kappa shape index (κ3) is 1.36. The summed E-state index contributed by atoms with van der Waals surface area (Å²) in [7, 11) is 1.48. The maximum Gasteiger partial charge on any atom is 0.280 e. The number of carbonyl (C=O) groups excluding carboxylic acids is 1. The Morgan fingerprint density at radius 3 is 3.15 bits per heavy atom. The average Bonchev–Trinajstić information content (AvgIpc) is 2.17. The second-order valence-electron chi connectivity index (χ2n) is 2.69. The van der Waals surface area contributed by atoms with Gasteiger partial charge in [0.25, 0.3) is 5.91 Å². The van der Waals surface area contributed by atoms with Gasteiger partial charge in [0.2, 0.25) is 0 Å². The zero-order valence-electron chi connectivity index (χ0n) is 7.10. The number of rotatable bonds is 1. The molecule has 66 valence electrons. The fraction of sp³-hybridized carbons (Fsp3) is 0.222. The minimum absolute atomic E-state index is 0.297. The summed E-state index contributed by atoms with van der Waals surface area (Å²) < 4.78 is 4.93. The van der Waals surface area contributed by atoms with Gasteiger partial charge in [-0.25, -0.2) is 4.98 Å². The molecule has 1 aliphatic heterocycles. The minimum Gasteiger partial charge on any atom is -0.367 e. The standard InChI is InChI=1S/C9H8N2O2/c1-13-7-5-6-3-2-4-10-8(6)11-9(7)12/h2-5,7H,1H3/t7-/m0/s1. The highest BCUT2D eigenvalue weighted by Gasteiger charge is 2.16. The highest BCUT2D eigenvalue weighted by molar-refractivity contribution is 5.88. The molecule has 0 saturated heterocycles. The summed E-state index contributed by atoms with van der Waals surface area (Å²) in [6.45, 7) is 0. The largest absolute Gasteiger partial charge is 0.367 e. The summed E-state index contributed by atoms with van der Waals surface area (Å²) in [6.07, 6.45) is 2.77. The molecule has 0 fully saturated rings. The van der Waals surface area contributed by atoms with E-state index in [1.807, 2.05) is 6.07 Å². The fourth-order valence-corrected chi connectivity index (χ4v) is 1.20. The topological polar surface area (TPSA) is 51.6 Å². The van der Waals surface area contributed by atoms with E-state index in [2.05, 4.69) is 9.98 Å². The van der Waals surface area contributed by atoms with Crippen LogP contribution in [0.15, 0.2) is 23.3 Å². The van der Waals surface area contributed by atoms with E-state index >= 15 is 0 Å². The van der Waals surface area contributed by atoms with E-state index in [1.54, 1.807) is 18.3 Å². The van der Waals surface area contributed by atoms with E-state index in [9.17, 15) is 4.79 Å². The van der Waals surface area contributed by atoms with Gasteiger partial charge < -0.3 is 4.74 Å². The lowest BCUT2D eigenvalue weighted by atomic mass is 10.2. The highest BCUT2D eigenvalue weighted by Crippen LogP contribution is 1.96. The number of aromatic nitrogens is 1. The highest BCUT2D eigenvalue weighted by atomic mass is 16.5. The zero-order chi connectivity index (χ0) is 9.26. The van der Waals surface area contributed by atoms with Crippen LogP contribution in [0.1, 0.15) is 0 Å². The van der Waals surface area contributed by atoms with E-state index in [-0.39, 0.29) is 5.91 Å². The SMILES string of the molecule is CO[C@H]1C=c2cccnc2=NC1=O. The van der Waals surface area contributed by atoms with Crippen LogP contribution < -0.4 is 10.7 Å². The number of carbonyl (C=O) groups is 1.